The molecule has 1 aliphatic carbocycles. The summed E-state index contributed by atoms with van der Waals surface area (Å²) in [7, 11) is 0. The summed E-state index contributed by atoms with van der Waals surface area (Å²) in [5.41, 5.74) is 4.51. The Morgan fingerprint density at radius 2 is 1.48 bits per heavy atom. The van der Waals surface area contributed by atoms with Crippen molar-refractivity contribution in [2.45, 2.75) is 64.5 Å². The maximum atomic E-state index is 2.73. The molecule has 1 heterocycles. The van der Waals surface area contributed by atoms with Gasteiger partial charge in [-0.05, 0) is 69.2 Å². The molecule has 2 aromatic rings. The van der Waals surface area contributed by atoms with Gasteiger partial charge in [-0.25, -0.2) is 0 Å². The number of para-hydroxylation sites is 1. The van der Waals surface area contributed by atoms with Gasteiger partial charge in [-0.1, -0.05) is 42.5 Å². The molecule has 0 amide bonds. The Balaban J connectivity index is 0.00000240. The van der Waals surface area contributed by atoms with Gasteiger partial charge in [0.2, 0.25) is 0 Å². The van der Waals surface area contributed by atoms with Crippen molar-refractivity contribution in [1.29, 1.82) is 0 Å². The van der Waals surface area contributed by atoms with E-state index in [4.69, 9.17) is 0 Å². The van der Waals surface area contributed by atoms with Gasteiger partial charge in [-0.15, -0.1) is 0 Å². The molecule has 1 aliphatic heterocycles. The molecule has 0 radical (unpaired) electrons. The SMILES string of the molecule is CC[N+]1(CC)CCCCC1CCN(c1ccccc1)C1Cc2ccccc2C1.[Br-]. The van der Waals surface area contributed by atoms with E-state index in [9.17, 15) is 0 Å². The van der Waals surface area contributed by atoms with Crippen LogP contribution in [0.2, 0.25) is 0 Å². The summed E-state index contributed by atoms with van der Waals surface area (Å²) in [6, 6.07) is 21.7. The summed E-state index contributed by atoms with van der Waals surface area (Å²) in [6.07, 6.45) is 7.95. The van der Waals surface area contributed by atoms with Crippen molar-refractivity contribution >= 4 is 5.69 Å². The van der Waals surface area contributed by atoms with Crippen molar-refractivity contribution in [2.24, 2.45) is 0 Å². The van der Waals surface area contributed by atoms with Crippen LogP contribution in [0.5, 0.6) is 0 Å². The maximum Gasteiger partial charge on any atom is 0.0907 e. The molecule has 1 saturated heterocycles. The van der Waals surface area contributed by atoms with E-state index in [1.54, 1.807) is 11.1 Å². The lowest BCUT2D eigenvalue weighted by Gasteiger charge is -2.47. The van der Waals surface area contributed by atoms with E-state index in [-0.39, 0.29) is 17.0 Å². The number of hydrogen-bond donors (Lipinski definition) is 0. The molecule has 2 aliphatic rings. The molecule has 4 rings (SSSR count). The molecule has 158 valence electrons. The van der Waals surface area contributed by atoms with Crippen LogP contribution in [-0.2, 0) is 12.8 Å². The van der Waals surface area contributed by atoms with Gasteiger partial charge in [0.05, 0.1) is 25.7 Å². The molecule has 3 heteroatoms. The summed E-state index contributed by atoms with van der Waals surface area (Å²) in [5, 5.41) is 0. The fraction of sp³-hybridized carbons (Fsp3) is 0.538. The summed E-state index contributed by atoms with van der Waals surface area (Å²) >= 11 is 0. The number of anilines is 1. The van der Waals surface area contributed by atoms with Gasteiger partial charge in [-0.2, -0.15) is 0 Å². The molecule has 0 spiro atoms. The van der Waals surface area contributed by atoms with Crippen LogP contribution in [0.15, 0.2) is 54.6 Å². The lowest BCUT2D eigenvalue weighted by Crippen LogP contribution is -3.00. The molecule has 1 unspecified atom stereocenters. The van der Waals surface area contributed by atoms with Crippen molar-refractivity contribution < 1.29 is 21.5 Å². The number of halogens is 1. The van der Waals surface area contributed by atoms with Crippen LogP contribution in [0.1, 0.15) is 50.7 Å². The van der Waals surface area contributed by atoms with Gasteiger partial charge < -0.3 is 26.4 Å². The number of quaternary nitrogens is 1. The Hall–Kier alpha value is -1.32. The van der Waals surface area contributed by atoms with E-state index in [1.165, 1.54) is 74.9 Å². The summed E-state index contributed by atoms with van der Waals surface area (Å²) < 4.78 is 1.34. The number of hydrogen-bond acceptors (Lipinski definition) is 1. The predicted molar refractivity (Wildman–Crippen MR) is 120 cm³/mol. The highest BCUT2D eigenvalue weighted by Gasteiger charge is 2.37. The van der Waals surface area contributed by atoms with Crippen LogP contribution < -0.4 is 21.9 Å². The first kappa shape index (κ1) is 22.4. The number of fused-ring (bicyclic) bond motifs is 1. The zero-order valence-electron chi connectivity index (χ0n) is 18.2. The lowest BCUT2D eigenvalue weighted by molar-refractivity contribution is -0.953. The third-order valence-corrected chi connectivity index (χ3v) is 7.69. The quantitative estimate of drug-likeness (QED) is 0.578. The van der Waals surface area contributed by atoms with Crippen LogP contribution in [-0.4, -0.2) is 42.7 Å². The molecule has 2 nitrogen and oxygen atoms in total. The van der Waals surface area contributed by atoms with Crippen LogP contribution in [0.25, 0.3) is 0 Å². The first-order chi connectivity index (χ1) is 13.8. The van der Waals surface area contributed by atoms with E-state index < -0.39 is 0 Å². The highest BCUT2D eigenvalue weighted by atomic mass is 79.9. The largest absolute Gasteiger partial charge is 1.00 e. The van der Waals surface area contributed by atoms with Gasteiger partial charge in [0.1, 0.15) is 0 Å². The molecule has 0 N–H and O–H groups in total. The highest BCUT2D eigenvalue weighted by Crippen LogP contribution is 2.32. The summed E-state index contributed by atoms with van der Waals surface area (Å²) in [5.74, 6) is 0. The zero-order chi connectivity index (χ0) is 19.4. The Morgan fingerprint density at radius 3 is 2.10 bits per heavy atom. The second-order valence-electron chi connectivity index (χ2n) is 8.87. The average Bonchev–Trinajstić information content (AvgIpc) is 3.19. The number of nitrogens with zero attached hydrogens (tertiary/aromatic N) is 2. The minimum atomic E-state index is 0. The van der Waals surface area contributed by atoms with Gasteiger partial charge in [-0.3, -0.25) is 0 Å². The average molecular weight is 458 g/mol. The number of likely N-dealkylation sites (tertiary alicyclic amines) is 1. The third kappa shape index (κ3) is 4.72. The fourth-order valence-corrected chi connectivity index (χ4v) is 5.92. The normalized spacial score (nSPS) is 20.7. The second-order valence-corrected chi connectivity index (χ2v) is 8.87. The van der Waals surface area contributed by atoms with Gasteiger partial charge in [0.15, 0.2) is 0 Å². The van der Waals surface area contributed by atoms with Gasteiger partial charge in [0.25, 0.3) is 0 Å². The van der Waals surface area contributed by atoms with E-state index in [0.717, 1.165) is 6.04 Å². The van der Waals surface area contributed by atoms with Crippen molar-refractivity contribution in [3.8, 4) is 0 Å². The minimum Gasteiger partial charge on any atom is -1.00 e. The third-order valence-electron chi connectivity index (χ3n) is 7.69. The van der Waals surface area contributed by atoms with E-state index in [0.29, 0.717) is 6.04 Å². The summed E-state index contributed by atoms with van der Waals surface area (Å²) in [6.45, 7) is 9.97. The van der Waals surface area contributed by atoms with Crippen molar-refractivity contribution in [2.75, 3.05) is 31.1 Å². The Morgan fingerprint density at radius 1 is 0.862 bits per heavy atom. The molecular weight excluding hydrogens is 420 g/mol. The predicted octanol–water partition coefficient (Wildman–Crippen LogP) is 2.46. The van der Waals surface area contributed by atoms with E-state index >= 15 is 0 Å². The molecule has 2 aromatic carbocycles. The topological polar surface area (TPSA) is 3.24 Å². The fourth-order valence-electron chi connectivity index (χ4n) is 5.92. The molecule has 1 atom stereocenters. The monoisotopic (exact) mass is 456 g/mol. The number of rotatable bonds is 7. The standard InChI is InChI=1S/C26H37N2.BrH/c1-3-28(4-2)19-11-10-16-26(28)17-18-27(24-14-6-5-7-15-24)25-20-22-12-8-9-13-23(22)21-25;/h5-9,12-15,25-26H,3-4,10-11,16-21H2,1-2H3;1H/q+1;/p-1. The minimum absolute atomic E-state index is 0. The Bertz CT molecular complexity index is 731. The first-order valence-corrected chi connectivity index (χ1v) is 11.5. The molecule has 1 fully saturated rings. The Labute approximate surface area is 188 Å². The number of piperidine rings is 1. The molecule has 0 saturated carbocycles. The number of benzene rings is 2. The summed E-state index contributed by atoms with van der Waals surface area (Å²) in [4.78, 5) is 2.73. The van der Waals surface area contributed by atoms with Crippen LogP contribution in [0.3, 0.4) is 0 Å². The van der Waals surface area contributed by atoms with E-state index in [2.05, 4.69) is 73.3 Å². The zero-order valence-corrected chi connectivity index (χ0v) is 19.8. The van der Waals surface area contributed by atoms with Crippen molar-refractivity contribution in [3.05, 3.63) is 65.7 Å². The molecule has 29 heavy (non-hydrogen) atoms. The van der Waals surface area contributed by atoms with E-state index in [1.807, 2.05) is 0 Å². The Kier molecular flexibility index (Phi) is 7.81. The van der Waals surface area contributed by atoms with Crippen LogP contribution in [0.4, 0.5) is 5.69 Å². The lowest BCUT2D eigenvalue weighted by atomic mass is 9.94. The first-order valence-electron chi connectivity index (χ1n) is 11.5. The second kappa shape index (κ2) is 10.1. The smallest absolute Gasteiger partial charge is 0.0907 e. The van der Waals surface area contributed by atoms with Crippen LogP contribution in [0, 0.1) is 0 Å². The molecule has 0 aromatic heterocycles. The highest BCUT2D eigenvalue weighted by molar-refractivity contribution is 5.49. The van der Waals surface area contributed by atoms with Crippen molar-refractivity contribution in [1.82, 2.24) is 0 Å². The maximum absolute atomic E-state index is 2.73. The molecular formula is C26H37BrN2. The van der Waals surface area contributed by atoms with Crippen LogP contribution >= 0.6 is 0 Å². The van der Waals surface area contributed by atoms with Crippen molar-refractivity contribution in [3.63, 3.8) is 0 Å². The van der Waals surface area contributed by atoms with Gasteiger partial charge in [0, 0.05) is 24.7 Å². The van der Waals surface area contributed by atoms with Gasteiger partial charge >= 0.3 is 0 Å². The molecule has 0 bridgehead atoms.